The van der Waals surface area contributed by atoms with Gasteiger partial charge in [0, 0.05) is 12.3 Å². The number of hydrogen-bond donors (Lipinski definition) is 3. The van der Waals surface area contributed by atoms with Gasteiger partial charge in [0.25, 0.3) is 5.89 Å². The highest BCUT2D eigenvalue weighted by Gasteiger charge is 2.39. The number of primary amides is 1. The molecule has 3 unspecified atom stereocenters. The Morgan fingerprint density at radius 1 is 0.717 bits per heavy atom. The zero-order valence-electron chi connectivity index (χ0n) is 34.0. The molecule has 0 fully saturated rings. The standard InChI is InChI=1S/C48H49N5O7/c1-31(60-47(2,3)4)42(58-45(49)55)44-53-52-43(59-44)40(50-46(56)57-30-39-37-26-16-14-24-35(37)36-25-15-17-27-38(36)39)28-29-41(54)51-48(32-18-8-5-9-19-32,33-20-10-6-11-21-33)34-22-12-7-13-23-34/h5-27,31,39-40,42H,28-30H2,1-4H3,(H2,49,55)(H,50,56)(H,51,54). The molecule has 0 bridgehead atoms. The summed E-state index contributed by atoms with van der Waals surface area (Å²) < 4.78 is 23.5. The first kappa shape index (κ1) is 41.4. The van der Waals surface area contributed by atoms with Crippen LogP contribution in [0.4, 0.5) is 9.59 Å². The molecule has 1 aliphatic rings. The largest absolute Gasteiger partial charge is 0.449 e. The molecule has 0 spiro atoms. The van der Waals surface area contributed by atoms with E-state index in [-0.39, 0.29) is 43.1 Å². The molecule has 0 aliphatic heterocycles. The number of rotatable bonds is 15. The van der Waals surface area contributed by atoms with Crippen molar-refractivity contribution >= 4 is 18.1 Å². The molecule has 3 amide bonds. The van der Waals surface area contributed by atoms with E-state index < -0.39 is 41.6 Å². The maximum atomic E-state index is 14.4. The topological polar surface area (TPSA) is 168 Å². The average Bonchev–Trinajstić information content (AvgIpc) is 3.86. The molecule has 12 nitrogen and oxygen atoms in total. The maximum Gasteiger partial charge on any atom is 0.407 e. The number of benzene rings is 5. The molecule has 1 heterocycles. The van der Waals surface area contributed by atoms with E-state index in [4.69, 9.17) is 24.4 Å². The number of amides is 3. The summed E-state index contributed by atoms with van der Waals surface area (Å²) in [5, 5.41) is 14.7. The molecule has 5 aromatic carbocycles. The van der Waals surface area contributed by atoms with E-state index in [1.165, 1.54) is 0 Å². The Morgan fingerprint density at radius 3 is 1.70 bits per heavy atom. The smallest absolute Gasteiger partial charge is 0.407 e. The van der Waals surface area contributed by atoms with Crippen LogP contribution < -0.4 is 16.4 Å². The second kappa shape index (κ2) is 18.0. The molecule has 0 radical (unpaired) electrons. The van der Waals surface area contributed by atoms with Gasteiger partial charge in [0.15, 0.2) is 0 Å². The number of fused-ring (bicyclic) bond motifs is 3. The molecule has 12 heteroatoms. The summed E-state index contributed by atoms with van der Waals surface area (Å²) in [6, 6.07) is 44.4. The minimum atomic E-state index is -1.16. The Balaban J connectivity index is 1.17. The molecule has 7 rings (SSSR count). The monoisotopic (exact) mass is 807 g/mol. The lowest BCUT2D eigenvalue weighted by atomic mass is 9.77. The van der Waals surface area contributed by atoms with E-state index in [0.29, 0.717) is 0 Å². The van der Waals surface area contributed by atoms with E-state index in [1.807, 2.05) is 148 Å². The number of nitrogens with two attached hydrogens (primary N) is 1. The van der Waals surface area contributed by atoms with Gasteiger partial charge in [0.2, 0.25) is 17.9 Å². The molecule has 1 aliphatic carbocycles. The fourth-order valence-electron chi connectivity index (χ4n) is 7.96. The highest BCUT2D eigenvalue weighted by atomic mass is 16.6. The lowest BCUT2D eigenvalue weighted by Crippen LogP contribution is -2.48. The Morgan fingerprint density at radius 2 is 1.20 bits per heavy atom. The van der Waals surface area contributed by atoms with Crippen molar-refractivity contribution in [3.8, 4) is 11.1 Å². The van der Waals surface area contributed by atoms with Crippen LogP contribution in [0.25, 0.3) is 11.1 Å². The van der Waals surface area contributed by atoms with Crippen LogP contribution in [0.5, 0.6) is 0 Å². The minimum absolute atomic E-state index is 0.0293. The zero-order valence-corrected chi connectivity index (χ0v) is 34.0. The third kappa shape index (κ3) is 9.24. The van der Waals surface area contributed by atoms with Crippen LogP contribution in [0.2, 0.25) is 0 Å². The van der Waals surface area contributed by atoms with Gasteiger partial charge in [-0.3, -0.25) is 4.79 Å². The predicted octanol–water partition coefficient (Wildman–Crippen LogP) is 8.88. The summed E-state index contributed by atoms with van der Waals surface area (Å²) in [5.41, 5.74) is 10.7. The van der Waals surface area contributed by atoms with Gasteiger partial charge in [-0.05, 0) is 73.1 Å². The first-order valence-corrected chi connectivity index (χ1v) is 20.0. The van der Waals surface area contributed by atoms with Gasteiger partial charge in [-0.25, -0.2) is 9.59 Å². The molecular formula is C48H49N5O7. The highest BCUT2D eigenvalue weighted by Crippen LogP contribution is 2.44. The first-order chi connectivity index (χ1) is 28.9. The first-order valence-electron chi connectivity index (χ1n) is 20.0. The second-order valence-electron chi connectivity index (χ2n) is 15.7. The molecule has 1 aromatic heterocycles. The third-order valence-electron chi connectivity index (χ3n) is 10.4. The Kier molecular flexibility index (Phi) is 12.4. The Bertz CT molecular complexity index is 2260. The number of hydrogen-bond acceptors (Lipinski definition) is 9. The fraction of sp³-hybridized carbons (Fsp3) is 0.271. The van der Waals surface area contributed by atoms with Crippen LogP contribution in [0.1, 0.15) is 98.2 Å². The van der Waals surface area contributed by atoms with E-state index in [9.17, 15) is 14.4 Å². The van der Waals surface area contributed by atoms with Gasteiger partial charge < -0.3 is 35.0 Å². The van der Waals surface area contributed by atoms with Crippen molar-refractivity contribution in [3.05, 3.63) is 179 Å². The molecule has 308 valence electrons. The third-order valence-corrected chi connectivity index (χ3v) is 10.4. The highest BCUT2D eigenvalue weighted by molar-refractivity contribution is 5.80. The minimum Gasteiger partial charge on any atom is -0.449 e. The van der Waals surface area contributed by atoms with Gasteiger partial charge in [0.1, 0.15) is 24.3 Å². The van der Waals surface area contributed by atoms with Gasteiger partial charge in [0.05, 0.1) is 5.60 Å². The molecule has 0 saturated heterocycles. The van der Waals surface area contributed by atoms with Crippen molar-refractivity contribution in [3.63, 3.8) is 0 Å². The summed E-state index contributed by atoms with van der Waals surface area (Å²) >= 11 is 0. The quantitative estimate of drug-likeness (QED) is 0.0859. The van der Waals surface area contributed by atoms with Crippen LogP contribution in [0.15, 0.2) is 144 Å². The molecule has 6 aromatic rings. The van der Waals surface area contributed by atoms with Gasteiger partial charge in [-0.2, -0.15) is 0 Å². The molecule has 0 saturated carbocycles. The van der Waals surface area contributed by atoms with E-state index in [2.05, 4.69) is 33.0 Å². The van der Waals surface area contributed by atoms with E-state index >= 15 is 0 Å². The summed E-state index contributed by atoms with van der Waals surface area (Å²) in [6.07, 6.45) is -3.76. The Labute approximate surface area is 349 Å². The predicted molar refractivity (Wildman–Crippen MR) is 226 cm³/mol. The molecule has 3 atom stereocenters. The summed E-state index contributed by atoms with van der Waals surface area (Å²) in [5.74, 6) is -0.624. The van der Waals surface area contributed by atoms with Gasteiger partial charge >= 0.3 is 12.2 Å². The second-order valence-corrected chi connectivity index (χ2v) is 15.7. The normalized spacial score (nSPS) is 13.9. The maximum absolute atomic E-state index is 14.4. The summed E-state index contributed by atoms with van der Waals surface area (Å²) in [6.45, 7) is 7.31. The van der Waals surface area contributed by atoms with Crippen molar-refractivity contribution in [2.24, 2.45) is 5.73 Å². The lowest BCUT2D eigenvalue weighted by Gasteiger charge is -2.37. The molecule has 60 heavy (non-hydrogen) atoms. The SMILES string of the molecule is CC(OC(C)(C)C)C(OC(N)=O)c1nnc(C(CCC(=O)NC(c2ccccc2)(c2ccccc2)c2ccccc2)NC(=O)OCC2c3ccccc3-c3ccccc32)o1. The number of nitrogens with zero attached hydrogens (tertiary/aromatic N) is 2. The summed E-state index contributed by atoms with van der Waals surface area (Å²) in [7, 11) is 0. The van der Waals surface area contributed by atoms with Crippen LogP contribution in [0, 0.1) is 0 Å². The molecular weight excluding hydrogens is 759 g/mol. The van der Waals surface area contributed by atoms with Crippen molar-refractivity contribution in [1.29, 1.82) is 0 Å². The van der Waals surface area contributed by atoms with Crippen LogP contribution in [-0.4, -0.2) is 46.6 Å². The van der Waals surface area contributed by atoms with Crippen molar-refractivity contribution < 1.29 is 33.0 Å². The van der Waals surface area contributed by atoms with Crippen LogP contribution in [0.3, 0.4) is 0 Å². The number of carbonyl (C=O) groups is 3. The number of alkyl carbamates (subject to hydrolysis) is 1. The van der Waals surface area contributed by atoms with Crippen molar-refractivity contribution in [2.45, 2.75) is 75.8 Å². The molecule has 4 N–H and O–H groups in total. The zero-order chi connectivity index (χ0) is 42.3. The Hall–Kier alpha value is -6.79. The van der Waals surface area contributed by atoms with Gasteiger partial charge in [-0.15, -0.1) is 10.2 Å². The van der Waals surface area contributed by atoms with Crippen LogP contribution in [-0.2, 0) is 24.5 Å². The number of aromatic nitrogens is 2. The fourth-order valence-corrected chi connectivity index (χ4v) is 7.96. The lowest BCUT2D eigenvalue weighted by molar-refractivity contribution is -0.122. The number of ether oxygens (including phenoxy) is 3. The van der Waals surface area contributed by atoms with Gasteiger partial charge in [-0.1, -0.05) is 140 Å². The number of carbonyl (C=O) groups excluding carboxylic acids is 3. The van der Waals surface area contributed by atoms with E-state index in [0.717, 1.165) is 38.9 Å². The average molecular weight is 808 g/mol. The number of nitrogens with one attached hydrogen (secondary N) is 2. The van der Waals surface area contributed by atoms with Crippen LogP contribution >= 0.6 is 0 Å². The van der Waals surface area contributed by atoms with E-state index in [1.54, 1.807) is 6.92 Å². The van der Waals surface area contributed by atoms with Crippen molar-refractivity contribution in [1.82, 2.24) is 20.8 Å². The summed E-state index contributed by atoms with van der Waals surface area (Å²) in [4.78, 5) is 40.1. The van der Waals surface area contributed by atoms with Crippen molar-refractivity contribution in [2.75, 3.05) is 6.61 Å².